The number of carbonyl (C=O) groups is 1. The van der Waals surface area contributed by atoms with Crippen molar-refractivity contribution < 1.29 is 18.3 Å². The van der Waals surface area contributed by atoms with E-state index in [9.17, 15) is 13.2 Å². The maximum Gasteiger partial charge on any atom is 0.303 e. The Morgan fingerprint density at radius 3 is 2.63 bits per heavy atom. The number of aliphatic carboxylic acids is 1. The van der Waals surface area contributed by atoms with Gasteiger partial charge >= 0.3 is 5.97 Å². The minimum Gasteiger partial charge on any atom is -0.481 e. The van der Waals surface area contributed by atoms with Crippen LogP contribution in [0.25, 0.3) is 0 Å². The molecule has 1 rings (SSSR count). The summed E-state index contributed by atoms with van der Waals surface area (Å²) < 4.78 is 27.4. The van der Waals surface area contributed by atoms with Crippen LogP contribution in [0.1, 0.15) is 24.6 Å². The van der Waals surface area contributed by atoms with Gasteiger partial charge in [-0.25, -0.2) is 13.1 Å². The molecular formula is C11H16BrNO4S2. The highest BCUT2D eigenvalue weighted by molar-refractivity contribution is 9.11. The number of aryl methyl sites for hydroxylation is 1. The number of nitrogens with one attached hydrogen (secondary N) is 1. The third kappa shape index (κ3) is 4.87. The molecule has 0 fully saturated rings. The van der Waals surface area contributed by atoms with E-state index >= 15 is 0 Å². The van der Waals surface area contributed by atoms with Gasteiger partial charge in [0.25, 0.3) is 0 Å². The maximum absolute atomic E-state index is 12.1. The fourth-order valence-corrected chi connectivity index (χ4v) is 5.14. The van der Waals surface area contributed by atoms with Crippen molar-refractivity contribution in [2.75, 3.05) is 6.54 Å². The lowest BCUT2D eigenvalue weighted by Crippen LogP contribution is -2.30. The average Bonchev–Trinajstić information content (AvgIpc) is 2.64. The Morgan fingerprint density at radius 1 is 1.58 bits per heavy atom. The molecule has 0 amide bonds. The molecule has 1 atom stereocenters. The first-order valence-corrected chi connectivity index (χ1v) is 8.83. The molecule has 2 N–H and O–H groups in total. The number of hydrogen-bond donors (Lipinski definition) is 2. The Hall–Kier alpha value is -0.440. The monoisotopic (exact) mass is 369 g/mol. The molecule has 108 valence electrons. The van der Waals surface area contributed by atoms with Crippen LogP contribution < -0.4 is 4.72 Å². The summed E-state index contributed by atoms with van der Waals surface area (Å²) in [5.41, 5.74) is 0. The summed E-state index contributed by atoms with van der Waals surface area (Å²) in [6.07, 6.45) is 0.576. The van der Waals surface area contributed by atoms with Crippen molar-refractivity contribution in [3.63, 3.8) is 0 Å². The van der Waals surface area contributed by atoms with Gasteiger partial charge in [-0.3, -0.25) is 4.79 Å². The average molecular weight is 370 g/mol. The Labute approximate surface area is 125 Å². The Morgan fingerprint density at radius 2 is 2.21 bits per heavy atom. The van der Waals surface area contributed by atoms with Crippen LogP contribution in [-0.4, -0.2) is 26.0 Å². The summed E-state index contributed by atoms with van der Waals surface area (Å²) in [7, 11) is -3.57. The molecule has 0 spiro atoms. The highest BCUT2D eigenvalue weighted by Gasteiger charge is 2.21. The predicted molar refractivity (Wildman–Crippen MR) is 78.0 cm³/mol. The second-order valence-electron chi connectivity index (χ2n) is 4.19. The first-order chi connectivity index (χ1) is 8.76. The van der Waals surface area contributed by atoms with Crippen molar-refractivity contribution >= 4 is 43.3 Å². The van der Waals surface area contributed by atoms with E-state index in [0.29, 0.717) is 11.3 Å². The van der Waals surface area contributed by atoms with Crippen LogP contribution in [0.2, 0.25) is 0 Å². The molecule has 0 aliphatic rings. The van der Waals surface area contributed by atoms with Crippen LogP contribution in [0.5, 0.6) is 0 Å². The number of carboxylic acid groups (broad SMARTS) is 1. The molecule has 8 heteroatoms. The highest BCUT2D eigenvalue weighted by Crippen LogP contribution is 2.29. The summed E-state index contributed by atoms with van der Waals surface area (Å²) in [6.45, 7) is 3.71. The molecule has 0 saturated carbocycles. The minimum atomic E-state index is -3.57. The van der Waals surface area contributed by atoms with E-state index in [0.717, 1.165) is 3.79 Å². The fraction of sp³-hybridized carbons (Fsp3) is 0.545. The lowest BCUT2D eigenvalue weighted by molar-refractivity contribution is -0.138. The molecule has 0 saturated heterocycles. The second-order valence-corrected chi connectivity index (χ2v) is 8.57. The molecule has 0 bridgehead atoms. The van der Waals surface area contributed by atoms with E-state index in [1.807, 2.05) is 6.92 Å². The molecule has 1 heterocycles. The van der Waals surface area contributed by atoms with Gasteiger partial charge in [0.05, 0.1) is 8.68 Å². The number of sulfonamides is 1. The first-order valence-electron chi connectivity index (χ1n) is 5.73. The van der Waals surface area contributed by atoms with Crippen LogP contribution in [-0.2, 0) is 14.8 Å². The van der Waals surface area contributed by atoms with Crippen molar-refractivity contribution in [3.05, 3.63) is 14.7 Å². The van der Waals surface area contributed by atoms with Gasteiger partial charge in [0.2, 0.25) is 10.0 Å². The zero-order valence-electron chi connectivity index (χ0n) is 10.6. The largest absolute Gasteiger partial charge is 0.481 e. The van der Waals surface area contributed by atoms with Crippen LogP contribution in [0.4, 0.5) is 0 Å². The zero-order chi connectivity index (χ0) is 14.6. The number of rotatable bonds is 7. The van der Waals surface area contributed by atoms with E-state index in [-0.39, 0.29) is 23.8 Å². The van der Waals surface area contributed by atoms with Gasteiger partial charge in [0, 0.05) is 17.8 Å². The van der Waals surface area contributed by atoms with Crippen molar-refractivity contribution in [1.82, 2.24) is 4.72 Å². The summed E-state index contributed by atoms with van der Waals surface area (Å²) in [6, 6.07) is 1.56. The SMILES string of the molecule is CCC(CNS(=O)(=O)c1cc(Br)sc1C)CC(=O)O. The number of thiophene rings is 1. The van der Waals surface area contributed by atoms with E-state index in [1.54, 1.807) is 13.0 Å². The smallest absolute Gasteiger partial charge is 0.303 e. The molecule has 19 heavy (non-hydrogen) atoms. The quantitative estimate of drug-likeness (QED) is 0.773. The minimum absolute atomic E-state index is 0.0364. The Balaban J connectivity index is 2.75. The standard InChI is InChI=1S/C11H16BrNO4S2/c1-3-8(4-11(14)15)6-13-19(16,17)9-5-10(12)18-7(9)2/h5,8,13H,3-4,6H2,1-2H3,(H,14,15). The van der Waals surface area contributed by atoms with Crippen LogP contribution in [0, 0.1) is 12.8 Å². The van der Waals surface area contributed by atoms with Gasteiger partial charge in [-0.1, -0.05) is 13.3 Å². The van der Waals surface area contributed by atoms with E-state index in [1.165, 1.54) is 11.3 Å². The van der Waals surface area contributed by atoms with Crippen molar-refractivity contribution in [3.8, 4) is 0 Å². The van der Waals surface area contributed by atoms with Gasteiger partial charge in [0.15, 0.2) is 0 Å². The molecule has 0 aliphatic carbocycles. The molecule has 1 aromatic rings. The zero-order valence-corrected chi connectivity index (χ0v) is 13.9. The highest BCUT2D eigenvalue weighted by atomic mass is 79.9. The topological polar surface area (TPSA) is 83.5 Å². The number of carboxylic acids is 1. The number of halogens is 1. The van der Waals surface area contributed by atoms with Crippen molar-refractivity contribution in [1.29, 1.82) is 0 Å². The van der Waals surface area contributed by atoms with E-state index in [4.69, 9.17) is 5.11 Å². The Kier molecular flexibility index (Phi) is 5.97. The fourth-order valence-electron chi connectivity index (χ4n) is 1.61. The molecule has 0 radical (unpaired) electrons. The van der Waals surface area contributed by atoms with E-state index in [2.05, 4.69) is 20.7 Å². The van der Waals surface area contributed by atoms with Gasteiger partial charge in [-0.2, -0.15) is 0 Å². The van der Waals surface area contributed by atoms with Crippen molar-refractivity contribution in [2.45, 2.75) is 31.6 Å². The summed E-state index contributed by atoms with van der Waals surface area (Å²) in [5, 5.41) is 8.73. The van der Waals surface area contributed by atoms with Crippen LogP contribution in [0.15, 0.2) is 14.7 Å². The van der Waals surface area contributed by atoms with Crippen LogP contribution in [0.3, 0.4) is 0 Å². The molecule has 5 nitrogen and oxygen atoms in total. The Bertz CT molecular complexity index is 553. The molecule has 0 aromatic carbocycles. The molecule has 1 aromatic heterocycles. The van der Waals surface area contributed by atoms with Gasteiger partial charge < -0.3 is 5.11 Å². The lowest BCUT2D eigenvalue weighted by atomic mass is 10.0. The third-order valence-electron chi connectivity index (χ3n) is 2.73. The predicted octanol–water partition coefficient (Wildman–Crippen LogP) is 2.60. The first kappa shape index (κ1) is 16.6. The maximum atomic E-state index is 12.1. The normalized spacial score (nSPS) is 13.4. The molecular weight excluding hydrogens is 354 g/mol. The number of hydrogen-bond acceptors (Lipinski definition) is 4. The van der Waals surface area contributed by atoms with Gasteiger partial charge in [-0.15, -0.1) is 11.3 Å². The second kappa shape index (κ2) is 6.83. The molecule has 1 unspecified atom stereocenters. The van der Waals surface area contributed by atoms with Gasteiger partial charge in [0.1, 0.15) is 0 Å². The van der Waals surface area contributed by atoms with Crippen molar-refractivity contribution in [2.24, 2.45) is 5.92 Å². The summed E-state index contributed by atoms with van der Waals surface area (Å²) >= 11 is 4.60. The van der Waals surface area contributed by atoms with E-state index < -0.39 is 16.0 Å². The molecule has 0 aliphatic heterocycles. The lowest BCUT2D eigenvalue weighted by Gasteiger charge is -2.13. The van der Waals surface area contributed by atoms with Crippen LogP contribution >= 0.6 is 27.3 Å². The summed E-state index contributed by atoms with van der Waals surface area (Å²) in [5.74, 6) is -1.12. The van der Waals surface area contributed by atoms with Gasteiger partial charge in [-0.05, 0) is 34.8 Å². The summed E-state index contributed by atoms with van der Waals surface area (Å²) in [4.78, 5) is 11.6. The third-order valence-corrected chi connectivity index (χ3v) is 5.97.